The van der Waals surface area contributed by atoms with E-state index in [1.807, 2.05) is 32.6 Å². The number of hydrogen-bond acceptors (Lipinski definition) is 5. The third kappa shape index (κ3) is 3.71. The molecule has 4 aromatic rings. The molecule has 11 heteroatoms. The van der Waals surface area contributed by atoms with E-state index in [4.69, 9.17) is 0 Å². The first-order valence-corrected chi connectivity index (χ1v) is 13.2. The molecule has 194 valence electrons. The Labute approximate surface area is 219 Å². The van der Waals surface area contributed by atoms with Gasteiger partial charge >= 0.3 is 6.18 Å². The molecule has 5 heterocycles. The second-order valence-corrected chi connectivity index (χ2v) is 11.0. The SMILES string of the molecule is O=C(c1ccc2c(ccn2-c2ccc(C(F)(F)F)cc2)c1)N1CC(N2CC(N3Cc4scnc4C3=O)C2)C1. The van der Waals surface area contributed by atoms with E-state index in [9.17, 15) is 22.8 Å². The first kappa shape index (κ1) is 23.4. The normalized spacial score (nSPS) is 18.7. The van der Waals surface area contributed by atoms with E-state index in [1.165, 1.54) is 23.5 Å². The fraction of sp³-hybridized carbons (Fsp3) is 0.296. The molecular formula is C27H22F3N5O2S. The first-order valence-electron chi connectivity index (χ1n) is 12.3. The van der Waals surface area contributed by atoms with Crippen LogP contribution in [0.15, 0.2) is 60.2 Å². The molecule has 2 amide bonds. The second kappa shape index (κ2) is 8.40. The maximum atomic E-state index is 13.1. The lowest BCUT2D eigenvalue weighted by atomic mass is 9.97. The minimum absolute atomic E-state index is 0.0267. The van der Waals surface area contributed by atoms with Crippen LogP contribution in [0.5, 0.6) is 0 Å². The van der Waals surface area contributed by atoms with Crippen LogP contribution in [-0.4, -0.2) is 74.3 Å². The van der Waals surface area contributed by atoms with Gasteiger partial charge in [0.05, 0.1) is 34.1 Å². The number of nitrogens with zero attached hydrogens (tertiary/aromatic N) is 5. The molecule has 2 aromatic heterocycles. The van der Waals surface area contributed by atoms with Crippen LogP contribution in [0.2, 0.25) is 0 Å². The summed E-state index contributed by atoms with van der Waals surface area (Å²) in [4.78, 5) is 36.9. The zero-order valence-electron chi connectivity index (χ0n) is 20.1. The highest BCUT2D eigenvalue weighted by Gasteiger charge is 2.45. The van der Waals surface area contributed by atoms with Gasteiger partial charge in [0.15, 0.2) is 0 Å². The third-order valence-electron chi connectivity index (χ3n) is 7.83. The molecule has 0 aliphatic carbocycles. The molecule has 7 nitrogen and oxygen atoms in total. The van der Waals surface area contributed by atoms with Gasteiger partial charge < -0.3 is 14.4 Å². The fourth-order valence-electron chi connectivity index (χ4n) is 5.54. The Morgan fingerprint density at radius 2 is 1.74 bits per heavy atom. The van der Waals surface area contributed by atoms with E-state index in [2.05, 4.69) is 9.88 Å². The number of carbonyl (C=O) groups is 2. The second-order valence-electron chi connectivity index (χ2n) is 10.0. The minimum atomic E-state index is -4.38. The Morgan fingerprint density at radius 3 is 2.45 bits per heavy atom. The van der Waals surface area contributed by atoms with Crippen LogP contribution in [0, 0.1) is 0 Å². The van der Waals surface area contributed by atoms with Crippen molar-refractivity contribution < 1.29 is 22.8 Å². The summed E-state index contributed by atoms with van der Waals surface area (Å²) in [6.07, 6.45) is -2.58. The van der Waals surface area contributed by atoms with Gasteiger partial charge in [-0.1, -0.05) is 0 Å². The maximum absolute atomic E-state index is 13.1. The van der Waals surface area contributed by atoms with Crippen LogP contribution < -0.4 is 0 Å². The number of rotatable bonds is 4. The van der Waals surface area contributed by atoms with Crippen LogP contribution in [0.25, 0.3) is 16.6 Å². The summed E-state index contributed by atoms with van der Waals surface area (Å²) in [7, 11) is 0. The lowest BCUT2D eigenvalue weighted by Crippen LogP contribution is -2.70. The summed E-state index contributed by atoms with van der Waals surface area (Å²) in [5.41, 5.74) is 3.65. The number of carbonyl (C=O) groups excluding carboxylic acids is 2. The van der Waals surface area contributed by atoms with E-state index in [0.29, 0.717) is 42.6 Å². The molecular weight excluding hydrogens is 515 g/mol. The van der Waals surface area contributed by atoms with Crippen molar-refractivity contribution in [3.05, 3.63) is 81.9 Å². The molecule has 0 spiro atoms. The van der Waals surface area contributed by atoms with Gasteiger partial charge in [0, 0.05) is 55.1 Å². The quantitative estimate of drug-likeness (QED) is 0.390. The molecule has 2 aromatic carbocycles. The highest BCUT2D eigenvalue weighted by Crippen LogP contribution is 2.33. The average Bonchev–Trinajstić information content (AvgIpc) is 3.55. The van der Waals surface area contributed by atoms with Crippen molar-refractivity contribution in [1.82, 2.24) is 24.3 Å². The summed E-state index contributed by atoms with van der Waals surface area (Å²) in [5.74, 6) is -0.00778. The average molecular weight is 538 g/mol. The Morgan fingerprint density at radius 1 is 0.974 bits per heavy atom. The summed E-state index contributed by atoms with van der Waals surface area (Å²) < 4.78 is 40.5. The van der Waals surface area contributed by atoms with Crippen molar-refractivity contribution in [1.29, 1.82) is 0 Å². The van der Waals surface area contributed by atoms with Crippen LogP contribution >= 0.6 is 11.3 Å². The summed E-state index contributed by atoms with van der Waals surface area (Å²) in [5, 5.41) is 0.844. The zero-order valence-corrected chi connectivity index (χ0v) is 20.9. The Hall–Kier alpha value is -3.70. The summed E-state index contributed by atoms with van der Waals surface area (Å²) >= 11 is 1.53. The lowest BCUT2D eigenvalue weighted by molar-refractivity contribution is -0.137. The van der Waals surface area contributed by atoms with Crippen LogP contribution in [0.1, 0.15) is 31.3 Å². The van der Waals surface area contributed by atoms with Crippen LogP contribution in [-0.2, 0) is 12.7 Å². The van der Waals surface area contributed by atoms with Crippen molar-refractivity contribution in [3.8, 4) is 5.69 Å². The Balaban J connectivity index is 0.968. The van der Waals surface area contributed by atoms with Gasteiger partial charge in [-0.05, 0) is 48.5 Å². The van der Waals surface area contributed by atoms with Crippen LogP contribution in [0.3, 0.4) is 0 Å². The molecule has 38 heavy (non-hydrogen) atoms. The monoisotopic (exact) mass is 537 g/mol. The number of alkyl halides is 3. The molecule has 0 saturated carbocycles. The highest BCUT2D eigenvalue weighted by atomic mass is 32.1. The topological polar surface area (TPSA) is 61.7 Å². The zero-order chi connectivity index (χ0) is 26.2. The molecule has 3 aliphatic heterocycles. The number of benzene rings is 2. The molecule has 0 unspecified atom stereocenters. The predicted molar refractivity (Wildman–Crippen MR) is 135 cm³/mol. The Bertz CT molecular complexity index is 1570. The van der Waals surface area contributed by atoms with Gasteiger partial charge in [0.2, 0.25) is 0 Å². The molecule has 0 radical (unpaired) electrons. The van der Waals surface area contributed by atoms with Gasteiger partial charge in [-0.25, -0.2) is 4.98 Å². The standard InChI is InChI=1S/C27H22F3N5O2S/c28-27(29,30)18-2-4-19(5-3-18)34-8-7-16-9-17(1-6-22(16)34)25(36)33-10-20(11-33)32-12-21(13-32)35-14-23-24(26(35)37)31-15-38-23/h1-9,15,20-21H,10-14H2. The first-order chi connectivity index (χ1) is 18.3. The molecule has 3 aliphatic rings. The smallest absolute Gasteiger partial charge is 0.335 e. The van der Waals surface area contributed by atoms with E-state index in [-0.39, 0.29) is 17.9 Å². The van der Waals surface area contributed by atoms with Gasteiger partial charge in [0.1, 0.15) is 5.69 Å². The van der Waals surface area contributed by atoms with Gasteiger partial charge in [-0.3, -0.25) is 14.5 Å². The molecule has 2 saturated heterocycles. The summed E-state index contributed by atoms with van der Waals surface area (Å²) in [6.45, 7) is 3.58. The number of aromatic nitrogens is 2. The predicted octanol–water partition coefficient (Wildman–Crippen LogP) is 4.27. The van der Waals surface area contributed by atoms with Gasteiger partial charge in [0.25, 0.3) is 11.8 Å². The van der Waals surface area contributed by atoms with E-state index in [1.54, 1.807) is 17.8 Å². The number of thiazole rings is 1. The number of fused-ring (bicyclic) bond motifs is 2. The van der Waals surface area contributed by atoms with Crippen molar-refractivity contribution in [3.63, 3.8) is 0 Å². The Kier molecular flexibility index (Phi) is 5.18. The van der Waals surface area contributed by atoms with E-state index in [0.717, 1.165) is 41.0 Å². The maximum Gasteiger partial charge on any atom is 0.416 e. The van der Waals surface area contributed by atoms with Crippen molar-refractivity contribution in [2.45, 2.75) is 24.8 Å². The van der Waals surface area contributed by atoms with E-state index < -0.39 is 11.7 Å². The van der Waals surface area contributed by atoms with Gasteiger partial charge in [-0.15, -0.1) is 11.3 Å². The molecule has 2 fully saturated rings. The lowest BCUT2D eigenvalue weighted by Gasteiger charge is -2.53. The van der Waals surface area contributed by atoms with Crippen molar-refractivity contribution in [2.24, 2.45) is 0 Å². The molecule has 0 N–H and O–H groups in total. The summed E-state index contributed by atoms with van der Waals surface area (Å²) in [6, 6.07) is 12.8. The highest BCUT2D eigenvalue weighted by molar-refractivity contribution is 7.10. The number of halogens is 3. The largest absolute Gasteiger partial charge is 0.416 e. The molecule has 0 bridgehead atoms. The number of likely N-dealkylation sites (tertiary alicyclic amines) is 2. The van der Waals surface area contributed by atoms with Crippen LogP contribution in [0.4, 0.5) is 13.2 Å². The van der Waals surface area contributed by atoms with Crippen molar-refractivity contribution >= 4 is 34.1 Å². The third-order valence-corrected chi connectivity index (χ3v) is 8.64. The minimum Gasteiger partial charge on any atom is -0.335 e. The molecule has 0 atom stereocenters. The number of hydrogen-bond donors (Lipinski definition) is 0. The van der Waals surface area contributed by atoms with Gasteiger partial charge in [-0.2, -0.15) is 13.2 Å². The fourth-order valence-corrected chi connectivity index (χ4v) is 6.29. The van der Waals surface area contributed by atoms with Crippen molar-refractivity contribution in [2.75, 3.05) is 26.2 Å². The number of amides is 2. The van der Waals surface area contributed by atoms with E-state index >= 15 is 0 Å². The molecule has 7 rings (SSSR count).